The van der Waals surface area contributed by atoms with Crippen molar-refractivity contribution in [2.45, 2.75) is 19.6 Å². The predicted molar refractivity (Wildman–Crippen MR) is 92.9 cm³/mol. The monoisotopic (exact) mass is 338 g/mol. The van der Waals surface area contributed by atoms with E-state index in [2.05, 4.69) is 15.4 Å². The summed E-state index contributed by atoms with van der Waals surface area (Å²) in [6.07, 6.45) is 0.662. The van der Waals surface area contributed by atoms with Crippen LogP contribution in [0.3, 0.4) is 0 Å². The van der Waals surface area contributed by atoms with E-state index in [1.54, 1.807) is 43.5 Å². The second kappa shape index (κ2) is 7.23. The Morgan fingerprint density at radius 3 is 2.64 bits per heavy atom. The summed E-state index contributed by atoms with van der Waals surface area (Å²) in [5, 5.41) is 18.1. The van der Waals surface area contributed by atoms with E-state index >= 15 is 0 Å². The van der Waals surface area contributed by atoms with Crippen molar-refractivity contribution >= 4 is 16.7 Å². The maximum absolute atomic E-state index is 12.4. The Kier molecular flexibility index (Phi) is 4.85. The molecule has 0 saturated carbocycles. The fraction of sp³-hybridized carbons (Fsp3) is 0.222. The van der Waals surface area contributed by atoms with Crippen LogP contribution >= 0.6 is 0 Å². The number of carbonyl (C=O) groups excluding carboxylic acids is 1. The smallest absolute Gasteiger partial charge is 0.275 e. The molecule has 0 aliphatic rings. The molecule has 3 aromatic rings. The quantitative estimate of drug-likeness (QED) is 0.722. The summed E-state index contributed by atoms with van der Waals surface area (Å²) in [5.41, 5.74) is 0.831. The maximum atomic E-state index is 12.4. The molecule has 1 amide bonds. The molecule has 7 nitrogen and oxygen atoms in total. The number of hydrogen-bond donors (Lipinski definition) is 2. The van der Waals surface area contributed by atoms with Crippen LogP contribution in [0.25, 0.3) is 10.8 Å². The number of carbonyl (C=O) groups is 1. The van der Waals surface area contributed by atoms with Crippen LogP contribution in [-0.4, -0.2) is 32.3 Å². The van der Waals surface area contributed by atoms with Crippen molar-refractivity contribution in [2.75, 3.05) is 6.54 Å². The van der Waals surface area contributed by atoms with Gasteiger partial charge in [-0.25, -0.2) is 4.68 Å². The average molecular weight is 338 g/mol. The van der Waals surface area contributed by atoms with E-state index in [0.717, 1.165) is 10.1 Å². The van der Waals surface area contributed by atoms with Gasteiger partial charge in [0.25, 0.3) is 5.56 Å². The topological polar surface area (TPSA) is 97.1 Å². The number of aliphatic hydroxyl groups is 1. The van der Waals surface area contributed by atoms with Crippen LogP contribution in [0, 0.1) is 6.92 Å². The fourth-order valence-electron chi connectivity index (χ4n) is 2.59. The van der Waals surface area contributed by atoms with Gasteiger partial charge in [-0.05, 0) is 25.1 Å². The van der Waals surface area contributed by atoms with Crippen molar-refractivity contribution in [1.29, 1.82) is 0 Å². The second-order valence-electron chi connectivity index (χ2n) is 5.67. The minimum atomic E-state index is -0.909. The van der Waals surface area contributed by atoms with E-state index in [0.29, 0.717) is 16.8 Å². The molecule has 3 rings (SSSR count). The van der Waals surface area contributed by atoms with Crippen molar-refractivity contribution in [3.63, 3.8) is 0 Å². The zero-order valence-electron chi connectivity index (χ0n) is 13.7. The zero-order valence-corrected chi connectivity index (χ0v) is 13.7. The molecule has 0 aliphatic heterocycles. The molecule has 0 radical (unpaired) electrons. The highest BCUT2D eigenvalue weighted by Crippen LogP contribution is 2.11. The minimum Gasteiger partial charge on any atom is -0.385 e. The highest BCUT2D eigenvalue weighted by atomic mass is 16.3. The Bertz CT molecular complexity index is 953. The number of rotatable bonds is 5. The minimum absolute atomic E-state index is 0.0111. The van der Waals surface area contributed by atoms with Crippen LogP contribution < -0.4 is 10.9 Å². The molecular weight excluding hydrogens is 320 g/mol. The third-order valence-electron chi connectivity index (χ3n) is 3.87. The third kappa shape index (κ3) is 3.72. The summed E-state index contributed by atoms with van der Waals surface area (Å²) in [7, 11) is 0. The Balaban J connectivity index is 1.70. The fourth-order valence-corrected chi connectivity index (χ4v) is 2.59. The van der Waals surface area contributed by atoms with Crippen LogP contribution in [0.5, 0.6) is 0 Å². The molecule has 0 aliphatic carbocycles. The number of hydrogen-bond acceptors (Lipinski definition) is 5. The van der Waals surface area contributed by atoms with E-state index in [1.165, 1.54) is 0 Å². The van der Waals surface area contributed by atoms with Gasteiger partial charge in [0, 0.05) is 18.1 Å². The average Bonchev–Trinajstić information content (AvgIpc) is 2.64. The van der Waals surface area contributed by atoms with E-state index in [-0.39, 0.29) is 18.6 Å². The maximum Gasteiger partial charge on any atom is 0.275 e. The molecule has 1 atom stereocenters. The van der Waals surface area contributed by atoms with Crippen LogP contribution in [0.4, 0.5) is 0 Å². The van der Waals surface area contributed by atoms with Crippen molar-refractivity contribution < 1.29 is 9.90 Å². The molecule has 0 spiro atoms. The van der Waals surface area contributed by atoms with Gasteiger partial charge in [0.2, 0.25) is 5.91 Å². The number of nitrogens with one attached hydrogen (secondary N) is 1. The van der Waals surface area contributed by atoms with Crippen LogP contribution in [0.15, 0.2) is 53.5 Å². The summed E-state index contributed by atoms with van der Waals surface area (Å²) in [4.78, 5) is 28.6. The Hall–Kier alpha value is -3.06. The van der Waals surface area contributed by atoms with Gasteiger partial charge >= 0.3 is 0 Å². The van der Waals surface area contributed by atoms with Gasteiger partial charge in [0.1, 0.15) is 12.6 Å². The largest absolute Gasteiger partial charge is 0.385 e. The number of aliphatic hydroxyl groups excluding tert-OH is 1. The normalized spacial score (nSPS) is 12.1. The summed E-state index contributed by atoms with van der Waals surface area (Å²) >= 11 is 0. The highest BCUT2D eigenvalue weighted by molar-refractivity contribution is 5.83. The number of amides is 1. The highest BCUT2D eigenvalue weighted by Gasteiger charge is 2.13. The number of fused-ring (bicyclic) bond motifs is 1. The van der Waals surface area contributed by atoms with Gasteiger partial charge in [0.15, 0.2) is 0 Å². The Labute approximate surface area is 143 Å². The van der Waals surface area contributed by atoms with Gasteiger partial charge in [-0.15, -0.1) is 0 Å². The molecule has 128 valence electrons. The van der Waals surface area contributed by atoms with E-state index in [4.69, 9.17) is 0 Å². The molecule has 7 heteroatoms. The lowest BCUT2D eigenvalue weighted by Crippen LogP contribution is -2.36. The van der Waals surface area contributed by atoms with Crippen molar-refractivity contribution in [2.24, 2.45) is 0 Å². The molecule has 2 heterocycles. The van der Waals surface area contributed by atoms with E-state index in [1.807, 2.05) is 12.1 Å². The summed E-state index contributed by atoms with van der Waals surface area (Å²) in [6, 6.07) is 12.3. The first kappa shape index (κ1) is 16.8. The molecule has 2 aromatic heterocycles. The van der Waals surface area contributed by atoms with Gasteiger partial charge in [0.05, 0.1) is 16.8 Å². The van der Waals surface area contributed by atoms with Crippen molar-refractivity contribution in [3.05, 3.63) is 70.4 Å². The van der Waals surface area contributed by atoms with Gasteiger partial charge in [-0.3, -0.25) is 14.6 Å². The van der Waals surface area contributed by atoms with E-state index < -0.39 is 12.0 Å². The lowest BCUT2D eigenvalue weighted by Gasteiger charge is -2.12. The summed E-state index contributed by atoms with van der Waals surface area (Å²) < 4.78 is 1.14. The predicted octanol–water partition coefficient (Wildman–Crippen LogP) is 0.950. The molecule has 2 N–H and O–H groups in total. The second-order valence-corrected chi connectivity index (χ2v) is 5.67. The molecule has 0 unspecified atom stereocenters. The van der Waals surface area contributed by atoms with Crippen LogP contribution in [-0.2, 0) is 11.3 Å². The van der Waals surface area contributed by atoms with E-state index in [9.17, 15) is 14.7 Å². The van der Waals surface area contributed by atoms with Gasteiger partial charge < -0.3 is 10.4 Å². The summed E-state index contributed by atoms with van der Waals surface area (Å²) in [6.45, 7) is 1.59. The summed E-state index contributed by atoms with van der Waals surface area (Å²) in [5.74, 6) is -0.403. The number of pyridine rings is 1. The van der Waals surface area contributed by atoms with Crippen molar-refractivity contribution in [1.82, 2.24) is 20.1 Å². The molecule has 0 fully saturated rings. The first-order valence-corrected chi connectivity index (χ1v) is 7.88. The molecule has 0 bridgehead atoms. The van der Waals surface area contributed by atoms with Crippen LogP contribution in [0.1, 0.15) is 17.5 Å². The SMILES string of the molecule is Cc1nn(CC(=O)NC[C@H](O)c2ccccn2)c(=O)c2ccccc12. The van der Waals surface area contributed by atoms with Gasteiger partial charge in [-0.1, -0.05) is 24.3 Å². The molecule has 0 saturated heterocycles. The standard InChI is InChI=1S/C18H18N4O3/c1-12-13-6-2-3-7-14(13)18(25)22(21-12)11-17(24)20-10-16(23)15-8-4-5-9-19-15/h2-9,16,23H,10-11H2,1H3,(H,20,24)/t16-/m0/s1. The van der Waals surface area contributed by atoms with Crippen molar-refractivity contribution in [3.8, 4) is 0 Å². The zero-order chi connectivity index (χ0) is 17.8. The number of nitrogens with zero attached hydrogens (tertiary/aromatic N) is 3. The Morgan fingerprint density at radius 1 is 1.20 bits per heavy atom. The number of aryl methyl sites for hydroxylation is 1. The lowest BCUT2D eigenvalue weighted by molar-refractivity contribution is -0.122. The lowest BCUT2D eigenvalue weighted by atomic mass is 10.1. The number of aromatic nitrogens is 3. The molecule has 1 aromatic carbocycles. The first-order chi connectivity index (χ1) is 12.1. The molecule has 25 heavy (non-hydrogen) atoms. The Morgan fingerprint density at radius 2 is 1.92 bits per heavy atom. The van der Waals surface area contributed by atoms with Gasteiger partial charge in [-0.2, -0.15) is 5.10 Å². The third-order valence-corrected chi connectivity index (χ3v) is 3.87. The number of benzene rings is 1. The molecular formula is C18H18N4O3. The van der Waals surface area contributed by atoms with Crippen LogP contribution in [0.2, 0.25) is 0 Å². The first-order valence-electron chi connectivity index (χ1n) is 7.88.